The maximum absolute atomic E-state index is 12.0. The van der Waals surface area contributed by atoms with Crippen LogP contribution in [0.25, 0.3) is 0 Å². The van der Waals surface area contributed by atoms with Crippen molar-refractivity contribution >= 4 is 27.6 Å². The molecular formula is C10H12ClNO4S. The molecule has 0 aliphatic rings. The minimum atomic E-state index is -3.70. The van der Waals surface area contributed by atoms with Crippen LogP contribution in [0.1, 0.15) is 15.9 Å². The zero-order valence-corrected chi connectivity index (χ0v) is 11.1. The van der Waals surface area contributed by atoms with Gasteiger partial charge in [0, 0.05) is 19.1 Å². The van der Waals surface area contributed by atoms with E-state index in [1.807, 2.05) is 0 Å². The highest BCUT2D eigenvalue weighted by atomic mass is 35.5. The average molecular weight is 278 g/mol. The lowest BCUT2D eigenvalue weighted by molar-refractivity contribution is 0.0696. The first-order chi connectivity index (χ1) is 7.67. The third kappa shape index (κ3) is 2.59. The molecule has 0 spiro atoms. The van der Waals surface area contributed by atoms with Crippen molar-refractivity contribution < 1.29 is 18.3 Å². The van der Waals surface area contributed by atoms with Gasteiger partial charge in [-0.25, -0.2) is 17.5 Å². The van der Waals surface area contributed by atoms with Gasteiger partial charge in [0.05, 0.1) is 10.5 Å². The Morgan fingerprint density at radius 3 is 2.29 bits per heavy atom. The lowest BCUT2D eigenvalue weighted by Gasteiger charge is -2.15. The van der Waals surface area contributed by atoms with E-state index in [4.69, 9.17) is 16.7 Å². The first-order valence-corrected chi connectivity index (χ1v) is 6.45. The molecule has 1 rings (SSSR count). The predicted molar refractivity (Wildman–Crippen MR) is 64.0 cm³/mol. The maximum atomic E-state index is 12.0. The van der Waals surface area contributed by atoms with Gasteiger partial charge in [-0.3, -0.25) is 0 Å². The normalized spacial score (nSPS) is 11.8. The van der Waals surface area contributed by atoms with Crippen molar-refractivity contribution in [1.82, 2.24) is 4.31 Å². The molecule has 0 fully saturated rings. The van der Waals surface area contributed by atoms with E-state index in [1.54, 1.807) is 0 Å². The molecule has 0 aliphatic carbocycles. The largest absolute Gasteiger partial charge is 0.478 e. The van der Waals surface area contributed by atoms with Gasteiger partial charge >= 0.3 is 5.97 Å². The zero-order chi connectivity index (χ0) is 13.4. The number of carboxylic acids is 1. The van der Waals surface area contributed by atoms with E-state index < -0.39 is 16.0 Å². The van der Waals surface area contributed by atoms with Crippen LogP contribution in [0.2, 0.25) is 5.02 Å². The number of rotatable bonds is 3. The Kier molecular flexibility index (Phi) is 3.81. The number of aromatic carboxylic acids is 1. The summed E-state index contributed by atoms with van der Waals surface area (Å²) in [6.07, 6.45) is 0. The molecule has 94 valence electrons. The fraction of sp³-hybridized carbons (Fsp3) is 0.300. The predicted octanol–water partition coefficient (Wildman–Crippen LogP) is 1.60. The quantitative estimate of drug-likeness (QED) is 0.910. The van der Waals surface area contributed by atoms with E-state index in [0.29, 0.717) is 0 Å². The highest BCUT2D eigenvalue weighted by molar-refractivity contribution is 7.89. The minimum absolute atomic E-state index is 0.0772. The number of carbonyl (C=O) groups is 1. The fourth-order valence-corrected chi connectivity index (χ4v) is 2.79. The van der Waals surface area contributed by atoms with Crippen LogP contribution in [-0.4, -0.2) is 37.9 Å². The highest BCUT2D eigenvalue weighted by Crippen LogP contribution is 2.26. The van der Waals surface area contributed by atoms with Crippen LogP contribution in [-0.2, 0) is 10.0 Å². The molecule has 0 atom stereocenters. The summed E-state index contributed by atoms with van der Waals surface area (Å²) in [6, 6.07) is 2.48. The summed E-state index contributed by atoms with van der Waals surface area (Å²) in [5, 5.41) is 9.03. The van der Waals surface area contributed by atoms with E-state index in [2.05, 4.69) is 0 Å². The monoisotopic (exact) mass is 277 g/mol. The van der Waals surface area contributed by atoms with Crippen LogP contribution in [0.5, 0.6) is 0 Å². The first kappa shape index (κ1) is 14.0. The molecule has 17 heavy (non-hydrogen) atoms. The molecule has 0 saturated heterocycles. The molecule has 0 aliphatic heterocycles. The molecule has 0 saturated carbocycles. The molecule has 0 heterocycles. The number of nitrogens with zero attached hydrogens (tertiary/aromatic N) is 1. The van der Waals surface area contributed by atoms with Gasteiger partial charge < -0.3 is 5.11 Å². The van der Waals surface area contributed by atoms with Gasteiger partial charge in [-0.2, -0.15) is 0 Å². The standard InChI is InChI=1S/C10H12ClNO4S/c1-6-8(10(13)14)4-7(11)5-9(6)17(15,16)12(2)3/h4-5H,1-3H3,(H,13,14). The third-order valence-corrected chi connectivity index (χ3v) is 4.47. The minimum Gasteiger partial charge on any atom is -0.478 e. The Morgan fingerprint density at radius 2 is 1.88 bits per heavy atom. The van der Waals surface area contributed by atoms with Crippen molar-refractivity contribution in [2.24, 2.45) is 0 Å². The van der Waals surface area contributed by atoms with Gasteiger partial charge in [-0.15, -0.1) is 0 Å². The second-order valence-electron chi connectivity index (χ2n) is 3.67. The molecule has 0 aromatic heterocycles. The molecule has 0 unspecified atom stereocenters. The van der Waals surface area contributed by atoms with E-state index >= 15 is 0 Å². The summed E-state index contributed by atoms with van der Waals surface area (Å²) in [7, 11) is -0.958. The Morgan fingerprint density at radius 1 is 1.35 bits per heavy atom. The van der Waals surface area contributed by atoms with Crippen molar-refractivity contribution in [1.29, 1.82) is 0 Å². The third-order valence-electron chi connectivity index (χ3n) is 2.31. The number of hydrogen-bond donors (Lipinski definition) is 1. The van der Waals surface area contributed by atoms with Crippen LogP contribution in [0.3, 0.4) is 0 Å². The Hall–Kier alpha value is -1.11. The van der Waals surface area contributed by atoms with Crippen molar-refractivity contribution in [3.63, 3.8) is 0 Å². The number of carboxylic acid groups (broad SMARTS) is 1. The summed E-state index contributed by atoms with van der Waals surface area (Å²) in [5.41, 5.74) is 0.0634. The Labute approximate surface area is 105 Å². The van der Waals surface area contributed by atoms with Crippen LogP contribution in [0, 0.1) is 6.92 Å². The molecule has 5 nitrogen and oxygen atoms in total. The number of halogens is 1. The van der Waals surface area contributed by atoms with Crippen LogP contribution in [0.4, 0.5) is 0 Å². The van der Waals surface area contributed by atoms with Gasteiger partial charge in [0.2, 0.25) is 10.0 Å². The Balaban J connectivity index is 3.62. The molecule has 1 N–H and O–H groups in total. The summed E-state index contributed by atoms with van der Waals surface area (Å²) in [4.78, 5) is 10.9. The maximum Gasteiger partial charge on any atom is 0.336 e. The molecule has 0 bridgehead atoms. The van der Waals surface area contributed by atoms with E-state index in [9.17, 15) is 13.2 Å². The smallest absolute Gasteiger partial charge is 0.336 e. The number of sulfonamides is 1. The number of hydrogen-bond acceptors (Lipinski definition) is 3. The van der Waals surface area contributed by atoms with Gasteiger partial charge in [0.25, 0.3) is 0 Å². The second kappa shape index (κ2) is 4.64. The Bertz CT molecular complexity index is 566. The summed E-state index contributed by atoms with van der Waals surface area (Å²) in [5.74, 6) is -1.21. The lowest BCUT2D eigenvalue weighted by atomic mass is 10.1. The van der Waals surface area contributed by atoms with Crippen LogP contribution >= 0.6 is 11.6 Å². The van der Waals surface area contributed by atoms with Gasteiger partial charge in [0.15, 0.2) is 0 Å². The van der Waals surface area contributed by atoms with Gasteiger partial charge in [0.1, 0.15) is 0 Å². The zero-order valence-electron chi connectivity index (χ0n) is 9.56. The van der Waals surface area contributed by atoms with E-state index in [1.165, 1.54) is 33.2 Å². The van der Waals surface area contributed by atoms with Crippen molar-refractivity contribution in [3.8, 4) is 0 Å². The first-order valence-electron chi connectivity index (χ1n) is 4.64. The molecule has 1 aromatic carbocycles. The van der Waals surface area contributed by atoms with Crippen LogP contribution in [0.15, 0.2) is 17.0 Å². The van der Waals surface area contributed by atoms with Crippen molar-refractivity contribution in [3.05, 3.63) is 28.3 Å². The number of benzene rings is 1. The second-order valence-corrected chi connectivity index (χ2v) is 6.23. The van der Waals surface area contributed by atoms with Crippen LogP contribution < -0.4 is 0 Å². The molecule has 0 amide bonds. The van der Waals surface area contributed by atoms with Gasteiger partial charge in [-0.05, 0) is 24.6 Å². The molecule has 7 heteroatoms. The summed E-state index contributed by atoms with van der Waals surface area (Å²) in [6.45, 7) is 1.44. The lowest BCUT2D eigenvalue weighted by Crippen LogP contribution is -2.23. The highest BCUT2D eigenvalue weighted by Gasteiger charge is 2.23. The van der Waals surface area contributed by atoms with E-state index in [-0.39, 0.29) is 21.0 Å². The molecule has 1 aromatic rings. The molecule has 0 radical (unpaired) electrons. The van der Waals surface area contributed by atoms with Gasteiger partial charge in [-0.1, -0.05) is 11.6 Å². The summed E-state index contributed by atoms with van der Waals surface area (Å²) < 4.78 is 24.9. The fourth-order valence-electron chi connectivity index (χ4n) is 1.34. The SMILES string of the molecule is Cc1c(C(=O)O)cc(Cl)cc1S(=O)(=O)N(C)C. The van der Waals surface area contributed by atoms with Crippen molar-refractivity contribution in [2.45, 2.75) is 11.8 Å². The summed E-state index contributed by atoms with van der Waals surface area (Å²) >= 11 is 5.73. The average Bonchev–Trinajstić information content (AvgIpc) is 2.20. The van der Waals surface area contributed by atoms with E-state index in [0.717, 1.165) is 4.31 Å². The molecular weight excluding hydrogens is 266 g/mol. The van der Waals surface area contributed by atoms with Crippen molar-refractivity contribution in [2.75, 3.05) is 14.1 Å². The topological polar surface area (TPSA) is 74.7 Å².